The molecule has 0 radical (unpaired) electrons. The summed E-state index contributed by atoms with van der Waals surface area (Å²) in [5.41, 5.74) is 0. The van der Waals surface area contributed by atoms with Crippen molar-refractivity contribution < 1.29 is 8.42 Å². The van der Waals surface area contributed by atoms with Gasteiger partial charge < -0.3 is 5.32 Å². The van der Waals surface area contributed by atoms with Crippen LogP contribution in [0.4, 0.5) is 0 Å². The Labute approximate surface area is 105 Å². The molecular weight excluding hydrogens is 236 g/mol. The highest BCUT2D eigenvalue weighted by Gasteiger charge is 2.35. The Morgan fingerprint density at radius 2 is 2.00 bits per heavy atom. The summed E-state index contributed by atoms with van der Waals surface area (Å²) in [7, 11) is -3.02. The molecule has 1 atom stereocenters. The van der Waals surface area contributed by atoms with E-state index in [-0.39, 0.29) is 0 Å². The zero-order valence-corrected chi connectivity index (χ0v) is 11.5. The lowest BCUT2D eigenvalue weighted by Gasteiger charge is -2.25. The van der Waals surface area contributed by atoms with Gasteiger partial charge in [0, 0.05) is 18.6 Å². The van der Waals surface area contributed by atoms with E-state index in [2.05, 4.69) is 5.32 Å². The molecule has 1 aliphatic heterocycles. The molecule has 0 aromatic rings. The fraction of sp³-hybridized carbons (Fsp3) is 1.00. The van der Waals surface area contributed by atoms with Gasteiger partial charge in [0.15, 0.2) is 0 Å². The summed E-state index contributed by atoms with van der Waals surface area (Å²) >= 11 is 0. The molecule has 1 unspecified atom stereocenters. The number of rotatable bonds is 6. The first-order valence-corrected chi connectivity index (χ1v) is 8.47. The quantitative estimate of drug-likeness (QED) is 0.784. The average Bonchev–Trinajstić information content (AvgIpc) is 3.13. The predicted octanol–water partition coefficient (Wildman–Crippen LogP) is 1.33. The summed E-state index contributed by atoms with van der Waals surface area (Å²) in [6, 6.07) is 0.723. The van der Waals surface area contributed by atoms with Crippen LogP contribution in [0.1, 0.15) is 45.4 Å². The fourth-order valence-corrected chi connectivity index (χ4v) is 4.50. The van der Waals surface area contributed by atoms with Gasteiger partial charge in [0.05, 0.1) is 5.75 Å². The van der Waals surface area contributed by atoms with Crippen molar-refractivity contribution in [3.8, 4) is 0 Å². The summed E-state index contributed by atoms with van der Waals surface area (Å²) in [6.07, 6.45) is 6.46. The van der Waals surface area contributed by atoms with Crippen molar-refractivity contribution >= 4 is 10.0 Å². The van der Waals surface area contributed by atoms with Gasteiger partial charge in [0.1, 0.15) is 0 Å². The molecule has 4 nitrogen and oxygen atoms in total. The van der Waals surface area contributed by atoms with E-state index in [1.807, 2.05) is 6.92 Å². The molecule has 1 heterocycles. The summed E-state index contributed by atoms with van der Waals surface area (Å²) in [6.45, 7) is 3.62. The average molecular weight is 260 g/mol. The zero-order valence-electron chi connectivity index (χ0n) is 10.7. The van der Waals surface area contributed by atoms with E-state index in [1.165, 1.54) is 12.8 Å². The van der Waals surface area contributed by atoms with E-state index in [0.29, 0.717) is 24.4 Å². The number of sulfonamides is 1. The van der Waals surface area contributed by atoms with Gasteiger partial charge in [0.2, 0.25) is 10.0 Å². The molecule has 2 rings (SSSR count). The van der Waals surface area contributed by atoms with E-state index >= 15 is 0 Å². The van der Waals surface area contributed by atoms with Crippen LogP contribution < -0.4 is 5.32 Å². The molecule has 0 aromatic heterocycles. The number of nitrogens with one attached hydrogen (secondary N) is 1. The smallest absolute Gasteiger partial charge is 0.214 e. The van der Waals surface area contributed by atoms with Crippen LogP contribution in [0.2, 0.25) is 0 Å². The Morgan fingerprint density at radius 3 is 2.53 bits per heavy atom. The zero-order chi connectivity index (χ0) is 12.3. The first-order chi connectivity index (χ1) is 8.13. The lowest BCUT2D eigenvalue weighted by atomic mass is 10.0. The van der Waals surface area contributed by atoms with Gasteiger partial charge in [-0.1, -0.05) is 13.3 Å². The Morgan fingerprint density at radius 1 is 1.24 bits per heavy atom. The molecule has 1 aliphatic carbocycles. The molecular formula is C12H24N2O2S. The first-order valence-electron chi connectivity index (χ1n) is 6.86. The lowest BCUT2D eigenvalue weighted by molar-refractivity contribution is 0.383. The van der Waals surface area contributed by atoms with Crippen LogP contribution in [0.25, 0.3) is 0 Å². The molecule has 2 aliphatic rings. The third-order valence-corrected chi connectivity index (χ3v) is 5.78. The van der Waals surface area contributed by atoms with Gasteiger partial charge in [-0.15, -0.1) is 0 Å². The van der Waals surface area contributed by atoms with Crippen LogP contribution in [-0.4, -0.2) is 43.6 Å². The van der Waals surface area contributed by atoms with Crippen LogP contribution in [0.5, 0.6) is 0 Å². The maximum absolute atomic E-state index is 12.2. The highest BCUT2D eigenvalue weighted by Crippen LogP contribution is 2.29. The number of nitrogens with zero attached hydrogens (tertiary/aromatic N) is 1. The lowest BCUT2D eigenvalue weighted by Crippen LogP contribution is -2.39. The van der Waals surface area contributed by atoms with Gasteiger partial charge in [-0.2, -0.15) is 4.31 Å². The predicted molar refractivity (Wildman–Crippen MR) is 69.4 cm³/mol. The highest BCUT2D eigenvalue weighted by atomic mass is 32.2. The van der Waals surface area contributed by atoms with Crippen molar-refractivity contribution in [2.75, 3.05) is 18.8 Å². The Balaban J connectivity index is 1.83. The van der Waals surface area contributed by atoms with Crippen molar-refractivity contribution in [3.05, 3.63) is 0 Å². The summed E-state index contributed by atoms with van der Waals surface area (Å²) in [5, 5.41) is 3.41. The van der Waals surface area contributed by atoms with Gasteiger partial charge in [-0.05, 0) is 38.6 Å². The summed E-state index contributed by atoms with van der Waals surface area (Å²) in [5.74, 6) is 0.314. The molecule has 0 amide bonds. The van der Waals surface area contributed by atoms with E-state index in [1.54, 1.807) is 4.31 Å². The Hall–Kier alpha value is -0.130. The molecule has 2 fully saturated rings. The van der Waals surface area contributed by atoms with Crippen LogP contribution >= 0.6 is 0 Å². The van der Waals surface area contributed by atoms with Gasteiger partial charge >= 0.3 is 0 Å². The second kappa shape index (κ2) is 5.67. The minimum absolute atomic E-state index is 0.310. The first kappa shape index (κ1) is 13.3. The van der Waals surface area contributed by atoms with Crippen molar-refractivity contribution in [3.63, 3.8) is 0 Å². The second-order valence-electron chi connectivity index (χ2n) is 5.19. The maximum atomic E-state index is 12.2. The Bertz CT molecular complexity index is 332. The molecule has 1 saturated heterocycles. The maximum Gasteiger partial charge on any atom is 0.214 e. The SMILES string of the molecule is CCN(C1CC1)S(=O)(=O)CCC1CCCCN1. The summed E-state index contributed by atoms with van der Waals surface area (Å²) in [4.78, 5) is 0. The molecule has 0 spiro atoms. The monoisotopic (exact) mass is 260 g/mol. The van der Waals surface area contributed by atoms with E-state index in [4.69, 9.17) is 0 Å². The molecule has 1 saturated carbocycles. The van der Waals surface area contributed by atoms with Crippen molar-refractivity contribution in [2.24, 2.45) is 0 Å². The van der Waals surface area contributed by atoms with Crippen molar-refractivity contribution in [2.45, 2.75) is 57.5 Å². The number of piperidine rings is 1. The largest absolute Gasteiger partial charge is 0.314 e. The van der Waals surface area contributed by atoms with Gasteiger partial charge in [-0.25, -0.2) is 8.42 Å². The standard InChI is InChI=1S/C12H24N2O2S/c1-2-14(12-6-7-12)17(15,16)10-8-11-5-3-4-9-13-11/h11-13H,2-10H2,1H3. The van der Waals surface area contributed by atoms with Crippen LogP contribution in [0, 0.1) is 0 Å². The van der Waals surface area contributed by atoms with Crippen molar-refractivity contribution in [1.29, 1.82) is 0 Å². The number of hydrogen-bond donors (Lipinski definition) is 1. The number of hydrogen-bond acceptors (Lipinski definition) is 3. The van der Waals surface area contributed by atoms with Gasteiger partial charge in [-0.3, -0.25) is 0 Å². The molecule has 0 bridgehead atoms. The minimum Gasteiger partial charge on any atom is -0.314 e. The van der Waals surface area contributed by atoms with Crippen LogP contribution in [-0.2, 0) is 10.0 Å². The second-order valence-corrected chi connectivity index (χ2v) is 7.23. The van der Waals surface area contributed by atoms with E-state index < -0.39 is 10.0 Å². The molecule has 0 aromatic carbocycles. The normalized spacial score (nSPS) is 26.4. The molecule has 5 heteroatoms. The van der Waals surface area contributed by atoms with Crippen LogP contribution in [0.15, 0.2) is 0 Å². The highest BCUT2D eigenvalue weighted by molar-refractivity contribution is 7.89. The van der Waals surface area contributed by atoms with E-state index in [0.717, 1.165) is 32.2 Å². The van der Waals surface area contributed by atoms with E-state index in [9.17, 15) is 8.42 Å². The molecule has 100 valence electrons. The fourth-order valence-electron chi connectivity index (χ4n) is 2.62. The Kier molecular flexibility index (Phi) is 4.44. The van der Waals surface area contributed by atoms with Crippen molar-refractivity contribution in [1.82, 2.24) is 9.62 Å². The third-order valence-electron chi connectivity index (χ3n) is 3.76. The third kappa shape index (κ3) is 3.66. The van der Waals surface area contributed by atoms with Gasteiger partial charge in [0.25, 0.3) is 0 Å². The minimum atomic E-state index is -3.02. The van der Waals surface area contributed by atoms with Crippen LogP contribution in [0.3, 0.4) is 0 Å². The molecule has 17 heavy (non-hydrogen) atoms. The topological polar surface area (TPSA) is 49.4 Å². The summed E-state index contributed by atoms with van der Waals surface area (Å²) < 4.78 is 26.1. The molecule has 1 N–H and O–H groups in total.